The van der Waals surface area contributed by atoms with Gasteiger partial charge in [0.1, 0.15) is 13.8 Å². The maximum atomic E-state index is 5.49. The van der Waals surface area contributed by atoms with Crippen molar-refractivity contribution in [2.24, 2.45) is 0 Å². The van der Waals surface area contributed by atoms with E-state index in [1.54, 1.807) is 0 Å². The zero-order valence-corrected chi connectivity index (χ0v) is 14.0. The molecule has 0 aliphatic carbocycles. The molecule has 0 N–H and O–H groups in total. The van der Waals surface area contributed by atoms with Crippen molar-refractivity contribution < 1.29 is 0 Å². The maximum Gasteiger partial charge on any atom is 0.148 e. The third kappa shape index (κ3) is 2.96. The fraction of sp³-hybridized carbons (Fsp3) is 0.529. The zero-order valence-electron chi connectivity index (χ0n) is 13.0. The molecule has 0 spiro atoms. The van der Waals surface area contributed by atoms with Crippen LogP contribution in [-0.4, -0.2) is 12.6 Å². The van der Waals surface area contributed by atoms with Gasteiger partial charge in [-0.25, -0.2) is 0 Å². The van der Waals surface area contributed by atoms with Gasteiger partial charge in [0.05, 0.1) is 0 Å². The molecular formula is C17H25NSi. The molecule has 0 aliphatic rings. The Hall–Kier alpha value is -1.38. The van der Waals surface area contributed by atoms with Gasteiger partial charge in [0, 0.05) is 12.2 Å². The van der Waals surface area contributed by atoms with Crippen LogP contribution in [0.1, 0.15) is 47.2 Å². The summed E-state index contributed by atoms with van der Waals surface area (Å²) >= 11 is 0. The van der Waals surface area contributed by atoms with Crippen LogP contribution in [0.3, 0.4) is 0 Å². The lowest BCUT2D eigenvalue weighted by molar-refractivity contribution is 0.838. The van der Waals surface area contributed by atoms with Gasteiger partial charge in [0.15, 0.2) is 0 Å². The molecule has 1 heterocycles. The summed E-state index contributed by atoms with van der Waals surface area (Å²) in [6.07, 6.45) is 7.43. The molecular weight excluding hydrogens is 246 g/mol. The summed E-state index contributed by atoms with van der Waals surface area (Å²) in [6.45, 7) is 13.9. The standard InChI is InChI=1S/C17H25NSi/c1-8-17-10-9-11-18(17)12-13-19(14(2)3,15(4)5)16(6)7/h1,9-11,14-16H,2-7H3. The second-order valence-corrected chi connectivity index (χ2v) is 11.6. The highest BCUT2D eigenvalue weighted by Crippen LogP contribution is 2.40. The summed E-state index contributed by atoms with van der Waals surface area (Å²) in [6, 6.07) is 7.20. The van der Waals surface area contributed by atoms with Gasteiger partial charge < -0.3 is 0 Å². The predicted octanol–water partition coefficient (Wildman–Crippen LogP) is 4.50. The smallest absolute Gasteiger partial charge is 0.148 e. The number of rotatable bonds is 3. The first-order valence-electron chi connectivity index (χ1n) is 7.03. The Balaban J connectivity index is 3.28. The minimum atomic E-state index is -1.67. The van der Waals surface area contributed by atoms with E-state index in [0.29, 0.717) is 16.6 Å². The maximum absolute atomic E-state index is 5.49. The van der Waals surface area contributed by atoms with Gasteiger partial charge >= 0.3 is 0 Å². The minimum Gasteiger partial charge on any atom is -0.269 e. The lowest BCUT2D eigenvalue weighted by atomic mass is 10.4. The van der Waals surface area contributed by atoms with Gasteiger partial charge in [-0.3, -0.25) is 4.57 Å². The number of nitrogens with zero attached hydrogens (tertiary/aromatic N) is 1. The van der Waals surface area contributed by atoms with Crippen molar-refractivity contribution in [1.82, 2.24) is 4.57 Å². The van der Waals surface area contributed by atoms with E-state index < -0.39 is 8.07 Å². The Bertz CT molecular complexity index is 496. The van der Waals surface area contributed by atoms with Crippen LogP contribution in [0.25, 0.3) is 0 Å². The van der Waals surface area contributed by atoms with E-state index in [1.807, 2.05) is 22.9 Å². The van der Waals surface area contributed by atoms with Crippen LogP contribution >= 0.6 is 0 Å². The second kappa shape index (κ2) is 6.18. The Morgan fingerprint density at radius 1 is 1.05 bits per heavy atom. The van der Waals surface area contributed by atoms with E-state index in [0.717, 1.165) is 5.69 Å². The molecule has 0 fully saturated rings. The normalized spacial score (nSPS) is 11.6. The molecule has 1 aromatic rings. The molecule has 0 saturated carbocycles. The lowest BCUT2D eigenvalue weighted by Gasteiger charge is -2.37. The summed E-state index contributed by atoms with van der Waals surface area (Å²) in [7, 11) is -1.67. The van der Waals surface area contributed by atoms with Gasteiger partial charge in [0.25, 0.3) is 0 Å². The van der Waals surface area contributed by atoms with Crippen molar-refractivity contribution in [3.63, 3.8) is 0 Å². The predicted molar refractivity (Wildman–Crippen MR) is 86.6 cm³/mol. The molecule has 0 amide bonds. The van der Waals surface area contributed by atoms with Crippen LogP contribution in [-0.2, 0) is 0 Å². The topological polar surface area (TPSA) is 4.93 Å². The molecule has 0 aromatic carbocycles. The van der Waals surface area contributed by atoms with Crippen LogP contribution in [0.4, 0.5) is 0 Å². The van der Waals surface area contributed by atoms with Gasteiger partial charge in [-0.05, 0) is 28.8 Å². The lowest BCUT2D eigenvalue weighted by Crippen LogP contribution is -2.43. The molecule has 1 nitrogen and oxygen atoms in total. The summed E-state index contributed by atoms with van der Waals surface area (Å²) in [5.41, 5.74) is 6.43. The van der Waals surface area contributed by atoms with Crippen molar-refractivity contribution in [2.75, 3.05) is 0 Å². The van der Waals surface area contributed by atoms with E-state index >= 15 is 0 Å². The fourth-order valence-electron chi connectivity index (χ4n) is 3.19. The van der Waals surface area contributed by atoms with Crippen LogP contribution in [0.2, 0.25) is 16.6 Å². The van der Waals surface area contributed by atoms with Gasteiger partial charge in [-0.2, -0.15) is 0 Å². The Morgan fingerprint density at radius 2 is 1.58 bits per heavy atom. The van der Waals surface area contributed by atoms with Crippen molar-refractivity contribution >= 4 is 8.07 Å². The third-order valence-electron chi connectivity index (χ3n) is 4.16. The Morgan fingerprint density at radius 3 is 2.00 bits per heavy atom. The molecule has 0 atom stereocenters. The van der Waals surface area contributed by atoms with Gasteiger partial charge in [-0.1, -0.05) is 47.5 Å². The highest BCUT2D eigenvalue weighted by molar-refractivity contribution is 6.90. The fourth-order valence-corrected chi connectivity index (χ4v) is 8.37. The van der Waals surface area contributed by atoms with Crippen molar-refractivity contribution in [1.29, 1.82) is 0 Å². The number of aromatic nitrogens is 1. The molecule has 0 radical (unpaired) electrons. The molecule has 0 saturated heterocycles. The van der Waals surface area contributed by atoms with Crippen LogP contribution in [0.5, 0.6) is 0 Å². The summed E-state index contributed by atoms with van der Waals surface area (Å²) < 4.78 is 1.88. The quantitative estimate of drug-likeness (QED) is 0.563. The van der Waals surface area contributed by atoms with Gasteiger partial charge in [-0.15, -0.1) is 12.0 Å². The highest BCUT2D eigenvalue weighted by Gasteiger charge is 2.41. The Kier molecular flexibility index (Phi) is 5.09. The van der Waals surface area contributed by atoms with Crippen LogP contribution in [0, 0.1) is 23.9 Å². The first-order valence-corrected chi connectivity index (χ1v) is 9.26. The van der Waals surface area contributed by atoms with Crippen LogP contribution < -0.4 is 0 Å². The third-order valence-corrected chi connectivity index (χ3v) is 10.4. The molecule has 1 aromatic heterocycles. The van der Waals surface area contributed by atoms with E-state index in [-0.39, 0.29) is 0 Å². The van der Waals surface area contributed by atoms with Gasteiger partial charge in [0.2, 0.25) is 0 Å². The van der Waals surface area contributed by atoms with Crippen LogP contribution in [0.15, 0.2) is 18.3 Å². The number of terminal acetylenes is 1. The zero-order chi connectivity index (χ0) is 14.6. The highest BCUT2D eigenvalue weighted by atomic mass is 28.3. The van der Waals surface area contributed by atoms with E-state index in [2.05, 4.69) is 59.1 Å². The monoisotopic (exact) mass is 271 g/mol. The molecule has 102 valence electrons. The van der Waals surface area contributed by atoms with E-state index in [4.69, 9.17) is 6.42 Å². The molecule has 0 bridgehead atoms. The summed E-state index contributed by atoms with van der Waals surface area (Å²) in [4.78, 5) is 0. The van der Waals surface area contributed by atoms with Crippen molar-refractivity contribution in [2.45, 2.75) is 58.2 Å². The minimum absolute atomic E-state index is 0.643. The average molecular weight is 271 g/mol. The SMILES string of the molecule is C#Cc1cccn1C#C[Si](C(C)C)(C(C)C)C(C)C. The molecule has 2 heteroatoms. The summed E-state index contributed by atoms with van der Waals surface area (Å²) in [5, 5.41) is 0. The molecule has 0 aliphatic heterocycles. The summed E-state index contributed by atoms with van der Waals surface area (Å²) in [5.74, 6) is 2.68. The van der Waals surface area contributed by atoms with Crippen molar-refractivity contribution in [3.8, 4) is 23.9 Å². The van der Waals surface area contributed by atoms with E-state index in [9.17, 15) is 0 Å². The Labute approximate surface area is 119 Å². The second-order valence-electron chi connectivity index (χ2n) is 6.04. The number of hydrogen-bond acceptors (Lipinski definition) is 0. The molecule has 1 rings (SSSR count). The molecule has 19 heavy (non-hydrogen) atoms. The first kappa shape index (κ1) is 15.7. The largest absolute Gasteiger partial charge is 0.269 e. The number of hydrogen-bond donors (Lipinski definition) is 0. The average Bonchev–Trinajstić information content (AvgIpc) is 2.75. The van der Waals surface area contributed by atoms with E-state index in [1.165, 1.54) is 0 Å². The van der Waals surface area contributed by atoms with Crippen molar-refractivity contribution in [3.05, 3.63) is 24.0 Å². The molecule has 0 unspecified atom stereocenters. The first-order chi connectivity index (χ1) is 8.86.